The van der Waals surface area contributed by atoms with Crippen LogP contribution in [0.1, 0.15) is 41.7 Å². The minimum absolute atomic E-state index is 0.0748. The fraction of sp³-hybridized carbons (Fsp3) is 0.444. The summed E-state index contributed by atoms with van der Waals surface area (Å²) in [7, 11) is 0. The van der Waals surface area contributed by atoms with Gasteiger partial charge in [0.25, 0.3) is 5.91 Å². The van der Waals surface area contributed by atoms with Crippen molar-refractivity contribution in [3.05, 3.63) is 47.8 Å². The molecule has 2 heterocycles. The summed E-state index contributed by atoms with van der Waals surface area (Å²) < 4.78 is 44.9. The maximum Gasteiger partial charge on any atom is 0.416 e. The maximum atomic E-state index is 12.7. The molecule has 0 aliphatic carbocycles. The van der Waals surface area contributed by atoms with Crippen LogP contribution in [0.4, 0.5) is 13.2 Å². The number of ether oxygens (including phenoxy) is 1. The number of amides is 1. The monoisotopic (exact) mass is 367 g/mol. The van der Waals surface area contributed by atoms with Crippen molar-refractivity contribution < 1.29 is 22.7 Å². The topological polar surface area (TPSA) is 47.4 Å². The van der Waals surface area contributed by atoms with Gasteiger partial charge in [-0.15, -0.1) is 0 Å². The number of nitrogens with zero attached hydrogens (tertiary/aromatic N) is 3. The van der Waals surface area contributed by atoms with Crippen LogP contribution in [0.5, 0.6) is 5.75 Å². The molecule has 0 saturated carbocycles. The van der Waals surface area contributed by atoms with Crippen molar-refractivity contribution in [1.82, 2.24) is 14.7 Å². The molecule has 3 rings (SSSR count). The van der Waals surface area contributed by atoms with E-state index in [2.05, 4.69) is 5.10 Å². The molecular weight excluding hydrogens is 347 g/mol. The Morgan fingerprint density at radius 3 is 2.54 bits per heavy atom. The molecule has 0 radical (unpaired) electrons. The molecule has 2 aromatic rings. The van der Waals surface area contributed by atoms with E-state index in [9.17, 15) is 18.0 Å². The summed E-state index contributed by atoms with van der Waals surface area (Å²) in [6.07, 6.45) is 1.40. The standard InChI is InChI=1S/C18H20F3N3O2/c19-18(20,21)14-6-5-7-15(12-14)26-13-24-11-8-16(22-24)17(25)23-9-3-1-2-4-10-23/h5-8,11-12H,1-4,9-10,13H2. The first-order chi connectivity index (χ1) is 12.4. The number of halogens is 3. The minimum Gasteiger partial charge on any atom is -0.471 e. The molecule has 0 spiro atoms. The van der Waals surface area contributed by atoms with E-state index in [0.29, 0.717) is 5.69 Å². The number of likely N-dealkylation sites (tertiary alicyclic amines) is 1. The normalized spacial score (nSPS) is 15.6. The van der Waals surface area contributed by atoms with E-state index >= 15 is 0 Å². The van der Waals surface area contributed by atoms with Gasteiger partial charge >= 0.3 is 6.18 Å². The van der Waals surface area contributed by atoms with Crippen LogP contribution in [0.25, 0.3) is 0 Å². The van der Waals surface area contributed by atoms with Crippen molar-refractivity contribution in [2.45, 2.75) is 38.6 Å². The van der Waals surface area contributed by atoms with Crippen LogP contribution in [0.3, 0.4) is 0 Å². The van der Waals surface area contributed by atoms with Crippen LogP contribution in [-0.4, -0.2) is 33.7 Å². The molecule has 0 N–H and O–H groups in total. The van der Waals surface area contributed by atoms with Gasteiger partial charge in [-0.3, -0.25) is 4.79 Å². The van der Waals surface area contributed by atoms with E-state index in [1.165, 1.54) is 16.8 Å². The van der Waals surface area contributed by atoms with Crippen LogP contribution < -0.4 is 4.74 Å². The Hall–Kier alpha value is -2.51. The third-order valence-corrected chi connectivity index (χ3v) is 4.28. The lowest BCUT2D eigenvalue weighted by Gasteiger charge is -2.18. The van der Waals surface area contributed by atoms with Crippen molar-refractivity contribution >= 4 is 5.91 Å². The molecule has 0 bridgehead atoms. The highest BCUT2D eigenvalue weighted by molar-refractivity contribution is 5.92. The Morgan fingerprint density at radius 1 is 1.12 bits per heavy atom. The molecule has 1 aliphatic rings. The highest BCUT2D eigenvalue weighted by Crippen LogP contribution is 2.31. The summed E-state index contributed by atoms with van der Waals surface area (Å²) in [5, 5.41) is 4.18. The van der Waals surface area contributed by atoms with Gasteiger partial charge in [0.05, 0.1) is 5.56 Å². The van der Waals surface area contributed by atoms with E-state index in [-0.39, 0.29) is 18.4 Å². The zero-order chi connectivity index (χ0) is 18.6. The molecule has 0 atom stereocenters. The lowest BCUT2D eigenvalue weighted by Crippen LogP contribution is -2.32. The fourth-order valence-electron chi connectivity index (χ4n) is 2.89. The number of hydrogen-bond donors (Lipinski definition) is 0. The number of carbonyl (C=O) groups excluding carboxylic acids is 1. The predicted molar refractivity (Wildman–Crippen MR) is 88.7 cm³/mol. The quantitative estimate of drug-likeness (QED) is 0.822. The van der Waals surface area contributed by atoms with Crippen LogP contribution in [-0.2, 0) is 12.9 Å². The lowest BCUT2D eigenvalue weighted by atomic mass is 10.2. The van der Waals surface area contributed by atoms with Gasteiger partial charge in [-0.25, -0.2) is 4.68 Å². The fourth-order valence-corrected chi connectivity index (χ4v) is 2.89. The molecule has 26 heavy (non-hydrogen) atoms. The van der Waals surface area contributed by atoms with Crippen molar-refractivity contribution in [3.63, 3.8) is 0 Å². The van der Waals surface area contributed by atoms with Crippen LogP contribution in [0.2, 0.25) is 0 Å². The van der Waals surface area contributed by atoms with Crippen molar-refractivity contribution in [2.24, 2.45) is 0 Å². The molecular formula is C18H20F3N3O2. The number of alkyl halides is 3. The first kappa shape index (κ1) is 18.3. The summed E-state index contributed by atoms with van der Waals surface area (Å²) in [6.45, 7) is 1.38. The SMILES string of the molecule is O=C(c1ccn(COc2cccc(C(F)(F)F)c2)n1)N1CCCCCC1. The summed E-state index contributed by atoms with van der Waals surface area (Å²) >= 11 is 0. The molecule has 1 amide bonds. The van der Waals surface area contributed by atoms with Gasteiger partial charge < -0.3 is 9.64 Å². The highest BCUT2D eigenvalue weighted by atomic mass is 19.4. The summed E-state index contributed by atoms with van der Waals surface area (Å²) in [5.41, 5.74) is -0.452. The summed E-state index contributed by atoms with van der Waals surface area (Å²) in [6, 6.07) is 6.26. The Labute approximate surface area is 149 Å². The third kappa shape index (κ3) is 4.56. The van der Waals surface area contributed by atoms with E-state index in [0.717, 1.165) is 50.9 Å². The average Bonchev–Trinajstić information content (AvgIpc) is 2.92. The van der Waals surface area contributed by atoms with Gasteiger partial charge in [0.1, 0.15) is 5.75 Å². The van der Waals surface area contributed by atoms with Crippen LogP contribution in [0.15, 0.2) is 36.5 Å². The number of rotatable bonds is 4. The van der Waals surface area contributed by atoms with E-state index in [1.807, 2.05) is 0 Å². The molecule has 140 valence electrons. The molecule has 1 aliphatic heterocycles. The van der Waals surface area contributed by atoms with Gasteiger partial charge in [-0.2, -0.15) is 18.3 Å². The lowest BCUT2D eigenvalue weighted by molar-refractivity contribution is -0.137. The summed E-state index contributed by atoms with van der Waals surface area (Å²) in [5.74, 6) is -0.0274. The van der Waals surface area contributed by atoms with Gasteiger partial charge in [0.15, 0.2) is 12.4 Å². The number of aromatic nitrogens is 2. The second-order valence-corrected chi connectivity index (χ2v) is 6.25. The van der Waals surface area contributed by atoms with E-state index < -0.39 is 11.7 Å². The Kier molecular flexibility index (Phi) is 5.49. The van der Waals surface area contributed by atoms with Crippen molar-refractivity contribution in [2.75, 3.05) is 13.1 Å². The van der Waals surface area contributed by atoms with Crippen LogP contribution in [0, 0.1) is 0 Å². The minimum atomic E-state index is -4.42. The zero-order valence-corrected chi connectivity index (χ0v) is 14.2. The Morgan fingerprint density at radius 2 is 1.85 bits per heavy atom. The third-order valence-electron chi connectivity index (χ3n) is 4.28. The molecule has 5 nitrogen and oxygen atoms in total. The second kappa shape index (κ2) is 7.80. The van der Waals surface area contributed by atoms with Gasteiger partial charge in [0, 0.05) is 19.3 Å². The number of carbonyl (C=O) groups is 1. The smallest absolute Gasteiger partial charge is 0.416 e. The summed E-state index contributed by atoms with van der Waals surface area (Å²) in [4.78, 5) is 14.3. The predicted octanol–water partition coefficient (Wildman–Crippen LogP) is 3.95. The zero-order valence-electron chi connectivity index (χ0n) is 14.2. The first-order valence-corrected chi connectivity index (χ1v) is 8.56. The number of benzene rings is 1. The van der Waals surface area contributed by atoms with Gasteiger partial charge in [-0.1, -0.05) is 18.9 Å². The first-order valence-electron chi connectivity index (χ1n) is 8.56. The van der Waals surface area contributed by atoms with Crippen molar-refractivity contribution in [1.29, 1.82) is 0 Å². The van der Waals surface area contributed by atoms with E-state index in [1.54, 1.807) is 17.2 Å². The molecule has 8 heteroatoms. The van der Waals surface area contributed by atoms with E-state index in [4.69, 9.17) is 4.74 Å². The average molecular weight is 367 g/mol. The second-order valence-electron chi connectivity index (χ2n) is 6.25. The maximum absolute atomic E-state index is 12.7. The molecule has 0 unspecified atom stereocenters. The van der Waals surface area contributed by atoms with Gasteiger partial charge in [-0.05, 0) is 37.1 Å². The van der Waals surface area contributed by atoms with Crippen LogP contribution >= 0.6 is 0 Å². The Bertz CT molecular complexity index is 750. The number of hydrogen-bond acceptors (Lipinski definition) is 3. The van der Waals surface area contributed by atoms with Gasteiger partial charge in [0.2, 0.25) is 0 Å². The highest BCUT2D eigenvalue weighted by Gasteiger charge is 2.30. The molecule has 1 aromatic heterocycles. The Balaban J connectivity index is 1.61. The molecule has 1 saturated heterocycles. The molecule has 1 aromatic carbocycles. The largest absolute Gasteiger partial charge is 0.471 e. The van der Waals surface area contributed by atoms with Crippen molar-refractivity contribution in [3.8, 4) is 5.75 Å². The molecule has 1 fully saturated rings.